The Bertz CT molecular complexity index is 563. The molecule has 0 saturated heterocycles. The first-order valence-corrected chi connectivity index (χ1v) is 5.86. The summed E-state index contributed by atoms with van der Waals surface area (Å²) in [6, 6.07) is 6.28. The van der Waals surface area contributed by atoms with Crippen LogP contribution in [-0.2, 0) is 0 Å². The number of anilines is 2. The predicted octanol–water partition coefficient (Wildman–Crippen LogP) is 3.79. The van der Waals surface area contributed by atoms with E-state index in [9.17, 15) is 4.39 Å². The van der Waals surface area contributed by atoms with Crippen LogP contribution in [0.15, 0.2) is 28.7 Å². The molecule has 0 aliphatic rings. The SMILES string of the molecule is Cc1cc(C(C)Nc2cc(F)ccc2N)c(C)o1. The van der Waals surface area contributed by atoms with Crippen LogP contribution in [0.5, 0.6) is 0 Å². The van der Waals surface area contributed by atoms with Crippen molar-refractivity contribution >= 4 is 11.4 Å². The van der Waals surface area contributed by atoms with Gasteiger partial charge in [0.25, 0.3) is 0 Å². The van der Waals surface area contributed by atoms with E-state index in [0.29, 0.717) is 11.4 Å². The van der Waals surface area contributed by atoms with Crippen LogP contribution in [0.25, 0.3) is 0 Å². The lowest BCUT2D eigenvalue weighted by atomic mass is 10.1. The van der Waals surface area contributed by atoms with Crippen LogP contribution in [0.4, 0.5) is 15.8 Å². The summed E-state index contributed by atoms with van der Waals surface area (Å²) >= 11 is 0. The predicted molar refractivity (Wildman–Crippen MR) is 71.0 cm³/mol. The van der Waals surface area contributed by atoms with Crippen molar-refractivity contribution in [3.63, 3.8) is 0 Å². The molecule has 0 aliphatic heterocycles. The number of benzene rings is 1. The smallest absolute Gasteiger partial charge is 0.125 e. The van der Waals surface area contributed by atoms with Gasteiger partial charge in [0.2, 0.25) is 0 Å². The van der Waals surface area contributed by atoms with Gasteiger partial charge < -0.3 is 15.5 Å². The fourth-order valence-electron chi connectivity index (χ4n) is 2.04. The molecular formula is C14H17FN2O. The third kappa shape index (κ3) is 2.47. The highest BCUT2D eigenvalue weighted by atomic mass is 19.1. The van der Waals surface area contributed by atoms with Gasteiger partial charge in [0.05, 0.1) is 17.4 Å². The Morgan fingerprint density at radius 1 is 1.28 bits per heavy atom. The van der Waals surface area contributed by atoms with Gasteiger partial charge >= 0.3 is 0 Å². The monoisotopic (exact) mass is 248 g/mol. The van der Waals surface area contributed by atoms with E-state index >= 15 is 0 Å². The average molecular weight is 248 g/mol. The van der Waals surface area contributed by atoms with E-state index in [0.717, 1.165) is 17.1 Å². The molecule has 1 aromatic carbocycles. The number of aryl methyl sites for hydroxylation is 2. The summed E-state index contributed by atoms with van der Waals surface area (Å²) in [5.41, 5.74) is 7.99. The van der Waals surface area contributed by atoms with Crippen LogP contribution in [0.2, 0.25) is 0 Å². The Balaban J connectivity index is 2.23. The van der Waals surface area contributed by atoms with Gasteiger partial charge in [0, 0.05) is 5.56 Å². The number of rotatable bonds is 3. The van der Waals surface area contributed by atoms with Gasteiger partial charge in [0.15, 0.2) is 0 Å². The Kier molecular flexibility index (Phi) is 3.28. The van der Waals surface area contributed by atoms with Crippen LogP contribution in [0, 0.1) is 19.7 Å². The Hall–Kier alpha value is -1.97. The van der Waals surface area contributed by atoms with Crippen molar-refractivity contribution in [1.82, 2.24) is 0 Å². The molecule has 1 heterocycles. The molecule has 0 fully saturated rings. The Morgan fingerprint density at radius 2 is 2.00 bits per heavy atom. The second kappa shape index (κ2) is 4.72. The molecular weight excluding hydrogens is 231 g/mol. The minimum absolute atomic E-state index is 0.00606. The van der Waals surface area contributed by atoms with Crippen molar-refractivity contribution < 1.29 is 8.81 Å². The van der Waals surface area contributed by atoms with Crippen molar-refractivity contribution in [1.29, 1.82) is 0 Å². The first-order chi connectivity index (χ1) is 8.47. The zero-order valence-electron chi connectivity index (χ0n) is 10.8. The van der Waals surface area contributed by atoms with E-state index in [4.69, 9.17) is 10.2 Å². The molecule has 1 atom stereocenters. The zero-order valence-corrected chi connectivity index (χ0v) is 10.8. The van der Waals surface area contributed by atoms with E-state index < -0.39 is 0 Å². The quantitative estimate of drug-likeness (QED) is 0.812. The summed E-state index contributed by atoms with van der Waals surface area (Å²) in [5.74, 6) is 1.42. The molecule has 0 bridgehead atoms. The minimum Gasteiger partial charge on any atom is -0.466 e. The molecule has 0 radical (unpaired) electrons. The van der Waals surface area contributed by atoms with Gasteiger partial charge in [-0.1, -0.05) is 0 Å². The van der Waals surface area contributed by atoms with Crippen molar-refractivity contribution in [2.24, 2.45) is 0 Å². The van der Waals surface area contributed by atoms with Gasteiger partial charge in [-0.2, -0.15) is 0 Å². The molecule has 2 rings (SSSR count). The lowest BCUT2D eigenvalue weighted by Crippen LogP contribution is -2.08. The third-order valence-corrected chi connectivity index (χ3v) is 2.93. The molecule has 1 aromatic heterocycles. The van der Waals surface area contributed by atoms with E-state index in [1.165, 1.54) is 12.1 Å². The lowest BCUT2D eigenvalue weighted by Gasteiger charge is -2.16. The molecule has 0 saturated carbocycles. The van der Waals surface area contributed by atoms with Crippen LogP contribution in [0.3, 0.4) is 0 Å². The maximum atomic E-state index is 13.2. The van der Waals surface area contributed by atoms with Crippen molar-refractivity contribution in [3.05, 3.63) is 47.2 Å². The molecule has 2 aromatic rings. The summed E-state index contributed by atoms with van der Waals surface area (Å²) in [4.78, 5) is 0. The molecule has 0 aliphatic carbocycles. The van der Waals surface area contributed by atoms with E-state index in [2.05, 4.69) is 5.32 Å². The van der Waals surface area contributed by atoms with Gasteiger partial charge in [-0.25, -0.2) is 4.39 Å². The molecule has 18 heavy (non-hydrogen) atoms. The zero-order chi connectivity index (χ0) is 13.3. The van der Waals surface area contributed by atoms with Crippen LogP contribution in [-0.4, -0.2) is 0 Å². The van der Waals surface area contributed by atoms with Crippen molar-refractivity contribution in [2.75, 3.05) is 11.1 Å². The summed E-state index contributed by atoms with van der Waals surface area (Å²) < 4.78 is 18.7. The standard InChI is InChI=1S/C14H17FN2O/c1-8-6-12(10(3)18-8)9(2)17-14-7-11(15)4-5-13(14)16/h4-7,9,17H,16H2,1-3H3. The summed E-state index contributed by atoms with van der Waals surface area (Å²) in [7, 11) is 0. The first-order valence-electron chi connectivity index (χ1n) is 5.86. The summed E-state index contributed by atoms with van der Waals surface area (Å²) in [6.45, 7) is 5.80. The Morgan fingerprint density at radius 3 is 2.61 bits per heavy atom. The van der Waals surface area contributed by atoms with Crippen LogP contribution < -0.4 is 11.1 Å². The average Bonchev–Trinajstić information content (AvgIpc) is 2.63. The minimum atomic E-state index is -0.306. The summed E-state index contributed by atoms with van der Waals surface area (Å²) in [5, 5.41) is 3.20. The van der Waals surface area contributed by atoms with Gasteiger partial charge in [-0.3, -0.25) is 0 Å². The lowest BCUT2D eigenvalue weighted by molar-refractivity contribution is 0.500. The van der Waals surface area contributed by atoms with E-state index in [1.54, 1.807) is 6.07 Å². The Labute approximate surface area is 106 Å². The first kappa shape index (κ1) is 12.5. The van der Waals surface area contributed by atoms with Gasteiger partial charge in [-0.05, 0) is 45.0 Å². The van der Waals surface area contributed by atoms with Crippen LogP contribution >= 0.6 is 0 Å². The second-order valence-corrected chi connectivity index (χ2v) is 4.47. The molecule has 0 amide bonds. The number of halogens is 1. The van der Waals surface area contributed by atoms with Crippen molar-refractivity contribution in [3.8, 4) is 0 Å². The van der Waals surface area contributed by atoms with Gasteiger partial charge in [0.1, 0.15) is 17.3 Å². The maximum absolute atomic E-state index is 13.2. The largest absolute Gasteiger partial charge is 0.466 e. The second-order valence-electron chi connectivity index (χ2n) is 4.47. The molecule has 3 nitrogen and oxygen atoms in total. The topological polar surface area (TPSA) is 51.2 Å². The maximum Gasteiger partial charge on any atom is 0.125 e. The number of nitrogens with two attached hydrogens (primary N) is 1. The van der Waals surface area contributed by atoms with E-state index in [-0.39, 0.29) is 11.9 Å². The normalized spacial score (nSPS) is 12.4. The highest BCUT2D eigenvalue weighted by Gasteiger charge is 2.13. The third-order valence-electron chi connectivity index (χ3n) is 2.93. The molecule has 1 unspecified atom stereocenters. The number of nitrogens with one attached hydrogen (secondary N) is 1. The number of furan rings is 1. The molecule has 96 valence electrons. The number of hydrogen-bond acceptors (Lipinski definition) is 3. The molecule has 3 N–H and O–H groups in total. The number of hydrogen-bond donors (Lipinski definition) is 2. The summed E-state index contributed by atoms with van der Waals surface area (Å²) in [6.07, 6.45) is 0. The number of nitrogen functional groups attached to an aromatic ring is 1. The van der Waals surface area contributed by atoms with E-state index in [1.807, 2.05) is 26.8 Å². The van der Waals surface area contributed by atoms with Crippen LogP contribution in [0.1, 0.15) is 30.0 Å². The molecule has 4 heteroatoms. The molecule has 0 spiro atoms. The fraction of sp³-hybridized carbons (Fsp3) is 0.286. The highest BCUT2D eigenvalue weighted by Crippen LogP contribution is 2.28. The highest BCUT2D eigenvalue weighted by molar-refractivity contribution is 5.66. The van der Waals surface area contributed by atoms with Gasteiger partial charge in [-0.15, -0.1) is 0 Å². The van der Waals surface area contributed by atoms with Crippen molar-refractivity contribution in [2.45, 2.75) is 26.8 Å². The fourth-order valence-corrected chi connectivity index (χ4v) is 2.04.